The van der Waals surface area contributed by atoms with Crippen LogP contribution in [0.3, 0.4) is 0 Å². The molecule has 0 radical (unpaired) electrons. The summed E-state index contributed by atoms with van der Waals surface area (Å²) < 4.78 is 0. The van der Waals surface area contributed by atoms with Gasteiger partial charge in [-0.2, -0.15) is 15.0 Å². The van der Waals surface area contributed by atoms with Gasteiger partial charge in [-0.15, -0.1) is 11.8 Å². The third-order valence-electron chi connectivity index (χ3n) is 4.87. The lowest BCUT2D eigenvalue weighted by Crippen LogP contribution is -2.40. The molecule has 1 fully saturated rings. The summed E-state index contributed by atoms with van der Waals surface area (Å²) in [6.45, 7) is 3.93. The van der Waals surface area contributed by atoms with Gasteiger partial charge in [-0.3, -0.25) is 4.79 Å². The van der Waals surface area contributed by atoms with E-state index in [4.69, 9.17) is 5.73 Å². The van der Waals surface area contributed by atoms with Gasteiger partial charge in [0.1, 0.15) is 5.82 Å². The van der Waals surface area contributed by atoms with Gasteiger partial charge in [0.2, 0.25) is 17.8 Å². The van der Waals surface area contributed by atoms with Gasteiger partial charge in [-0.25, -0.2) is 0 Å². The minimum atomic E-state index is -0.173. The lowest BCUT2D eigenvalue weighted by atomic mass is 9.95. The number of aromatic nitrogens is 3. The molecule has 0 aliphatic heterocycles. The second-order valence-corrected chi connectivity index (χ2v) is 8.50. The molecule has 1 unspecified atom stereocenters. The third kappa shape index (κ3) is 5.82. The van der Waals surface area contributed by atoms with Crippen molar-refractivity contribution >= 4 is 35.3 Å². The molecule has 8 heteroatoms. The first kappa shape index (κ1) is 20.4. The lowest BCUT2D eigenvalue weighted by molar-refractivity contribution is -0.121. The molecule has 1 saturated carbocycles. The number of aryl methyl sites for hydroxylation is 1. The van der Waals surface area contributed by atoms with Crippen LogP contribution in [0.4, 0.5) is 17.6 Å². The molecule has 3 rings (SSSR count). The van der Waals surface area contributed by atoms with E-state index in [1.54, 1.807) is 0 Å². The molecular formula is C20H28N6OS. The molecule has 1 aromatic carbocycles. The smallest absolute Gasteiger partial charge is 0.233 e. The number of carbonyl (C=O) groups is 1. The first-order valence-electron chi connectivity index (χ1n) is 9.76. The average molecular weight is 401 g/mol. The summed E-state index contributed by atoms with van der Waals surface area (Å²) in [6, 6.07) is 8.22. The Morgan fingerprint density at radius 3 is 2.71 bits per heavy atom. The molecule has 2 aromatic rings. The number of nitrogens with two attached hydrogens (primary N) is 1. The number of anilines is 3. The number of nitrogens with one attached hydrogen (secondary N) is 2. The highest BCUT2D eigenvalue weighted by Crippen LogP contribution is 2.22. The van der Waals surface area contributed by atoms with E-state index in [0.29, 0.717) is 23.6 Å². The van der Waals surface area contributed by atoms with E-state index in [1.807, 2.05) is 38.1 Å². The van der Waals surface area contributed by atoms with Crippen LogP contribution in [0.5, 0.6) is 0 Å². The largest absolute Gasteiger partial charge is 0.368 e. The Balaban J connectivity index is 1.57. The van der Waals surface area contributed by atoms with Crippen molar-refractivity contribution in [1.82, 2.24) is 20.3 Å². The fraction of sp³-hybridized carbons (Fsp3) is 0.500. The number of para-hydroxylation sites is 1. The molecule has 4 N–H and O–H groups in total. The predicted octanol–water partition coefficient (Wildman–Crippen LogP) is 3.58. The van der Waals surface area contributed by atoms with E-state index in [-0.39, 0.29) is 17.1 Å². The van der Waals surface area contributed by atoms with Crippen LogP contribution < -0.4 is 16.4 Å². The number of hydrogen-bond donors (Lipinski definition) is 3. The Hall–Kier alpha value is -2.35. The van der Waals surface area contributed by atoms with E-state index in [2.05, 4.69) is 25.6 Å². The van der Waals surface area contributed by atoms with Crippen molar-refractivity contribution in [2.75, 3.05) is 11.1 Å². The Morgan fingerprint density at radius 2 is 1.96 bits per heavy atom. The standard InChI is InChI=1S/C20H28N6OS/c1-13-8-6-7-11-16(13)23-20-25-17(24-19(21)26-20)12-28-14(2)18(27)22-15-9-4-3-5-10-15/h6-8,11,14-15H,3-5,9-10,12H2,1-2H3,(H,22,27)(H3,21,23,24,25,26). The molecular weight excluding hydrogens is 372 g/mol. The van der Waals surface area contributed by atoms with Crippen LogP contribution >= 0.6 is 11.8 Å². The van der Waals surface area contributed by atoms with E-state index >= 15 is 0 Å². The normalized spacial score (nSPS) is 15.8. The van der Waals surface area contributed by atoms with Crippen LogP contribution in [0.1, 0.15) is 50.4 Å². The lowest BCUT2D eigenvalue weighted by Gasteiger charge is -2.24. The molecule has 150 valence electrons. The van der Waals surface area contributed by atoms with Gasteiger partial charge in [0.15, 0.2) is 0 Å². The molecule has 0 bridgehead atoms. The van der Waals surface area contributed by atoms with E-state index in [1.165, 1.54) is 31.0 Å². The number of benzene rings is 1. The van der Waals surface area contributed by atoms with Gasteiger partial charge in [-0.1, -0.05) is 37.5 Å². The number of thioether (sulfide) groups is 1. The minimum absolute atomic E-state index is 0.0807. The molecule has 1 aliphatic rings. The summed E-state index contributed by atoms with van der Waals surface area (Å²) >= 11 is 1.50. The van der Waals surface area contributed by atoms with Crippen molar-refractivity contribution in [2.45, 2.75) is 63.0 Å². The maximum Gasteiger partial charge on any atom is 0.233 e. The van der Waals surface area contributed by atoms with Crippen molar-refractivity contribution in [3.63, 3.8) is 0 Å². The fourth-order valence-corrected chi connectivity index (χ4v) is 3.98. The Morgan fingerprint density at radius 1 is 1.21 bits per heavy atom. The van der Waals surface area contributed by atoms with E-state index < -0.39 is 0 Å². The molecule has 1 aromatic heterocycles. The third-order valence-corrected chi connectivity index (χ3v) is 6.01. The summed E-state index contributed by atoms with van der Waals surface area (Å²) in [4.78, 5) is 25.2. The van der Waals surface area contributed by atoms with Crippen molar-refractivity contribution in [3.05, 3.63) is 35.7 Å². The van der Waals surface area contributed by atoms with Crippen LogP contribution in [0.2, 0.25) is 0 Å². The molecule has 1 aliphatic carbocycles. The van der Waals surface area contributed by atoms with Gasteiger partial charge < -0.3 is 16.4 Å². The maximum absolute atomic E-state index is 12.4. The Bertz CT molecular complexity index is 809. The molecule has 7 nitrogen and oxygen atoms in total. The van der Waals surface area contributed by atoms with Gasteiger partial charge >= 0.3 is 0 Å². The quantitative estimate of drug-likeness (QED) is 0.652. The van der Waals surface area contributed by atoms with Gasteiger partial charge in [0, 0.05) is 11.7 Å². The van der Waals surface area contributed by atoms with Crippen LogP contribution in [0.15, 0.2) is 24.3 Å². The second kappa shape index (κ2) is 9.73. The zero-order valence-corrected chi connectivity index (χ0v) is 17.3. The van der Waals surface area contributed by atoms with Crippen LogP contribution in [-0.4, -0.2) is 32.2 Å². The SMILES string of the molecule is Cc1ccccc1Nc1nc(N)nc(CSC(C)C(=O)NC2CCCCC2)n1. The number of amides is 1. The van der Waals surface area contributed by atoms with E-state index in [9.17, 15) is 4.79 Å². The molecule has 1 amide bonds. The summed E-state index contributed by atoms with van der Waals surface area (Å²) in [5, 5.41) is 6.18. The van der Waals surface area contributed by atoms with Crippen molar-refractivity contribution in [2.24, 2.45) is 0 Å². The zero-order chi connectivity index (χ0) is 19.9. The van der Waals surface area contributed by atoms with Crippen LogP contribution in [0.25, 0.3) is 0 Å². The first-order valence-corrected chi connectivity index (χ1v) is 10.8. The Kier molecular flexibility index (Phi) is 7.08. The second-order valence-electron chi connectivity index (χ2n) is 7.17. The number of rotatable bonds is 7. The van der Waals surface area contributed by atoms with Crippen molar-refractivity contribution < 1.29 is 4.79 Å². The van der Waals surface area contributed by atoms with E-state index in [0.717, 1.165) is 24.1 Å². The molecule has 28 heavy (non-hydrogen) atoms. The fourth-order valence-electron chi connectivity index (χ4n) is 3.23. The molecule has 0 saturated heterocycles. The number of carbonyl (C=O) groups excluding carboxylic acids is 1. The number of nitrogen functional groups attached to an aromatic ring is 1. The van der Waals surface area contributed by atoms with Gasteiger partial charge in [0.05, 0.1) is 11.0 Å². The topological polar surface area (TPSA) is 106 Å². The highest BCUT2D eigenvalue weighted by Gasteiger charge is 2.20. The summed E-state index contributed by atoms with van der Waals surface area (Å²) in [5.41, 5.74) is 7.86. The zero-order valence-electron chi connectivity index (χ0n) is 16.4. The number of hydrogen-bond acceptors (Lipinski definition) is 7. The number of nitrogens with zero attached hydrogens (tertiary/aromatic N) is 3. The van der Waals surface area contributed by atoms with Crippen LogP contribution in [-0.2, 0) is 10.5 Å². The highest BCUT2D eigenvalue weighted by molar-refractivity contribution is 7.99. The van der Waals surface area contributed by atoms with Gasteiger partial charge in [0.25, 0.3) is 0 Å². The molecule has 1 heterocycles. The molecule has 0 spiro atoms. The van der Waals surface area contributed by atoms with Crippen molar-refractivity contribution in [3.8, 4) is 0 Å². The summed E-state index contributed by atoms with van der Waals surface area (Å²) in [6.07, 6.45) is 5.85. The average Bonchev–Trinajstić information content (AvgIpc) is 2.68. The molecule has 1 atom stereocenters. The first-order chi connectivity index (χ1) is 13.5. The van der Waals surface area contributed by atoms with Gasteiger partial charge in [-0.05, 0) is 38.3 Å². The highest BCUT2D eigenvalue weighted by atomic mass is 32.2. The van der Waals surface area contributed by atoms with Crippen LogP contribution in [0, 0.1) is 6.92 Å². The predicted molar refractivity (Wildman–Crippen MR) is 114 cm³/mol. The van der Waals surface area contributed by atoms with Crippen molar-refractivity contribution in [1.29, 1.82) is 0 Å². The maximum atomic E-state index is 12.4. The monoisotopic (exact) mass is 400 g/mol. The Labute approximate surface area is 170 Å². The summed E-state index contributed by atoms with van der Waals surface area (Å²) in [5.74, 6) is 1.72. The minimum Gasteiger partial charge on any atom is -0.368 e. The summed E-state index contributed by atoms with van der Waals surface area (Å²) in [7, 11) is 0.